The number of nitrogens with zero attached hydrogens (tertiary/aromatic N) is 1. The maximum atomic E-state index is 11.6. The minimum Gasteiger partial charge on any atom is -0.490 e. The van der Waals surface area contributed by atoms with E-state index in [1.165, 1.54) is 12.2 Å². The summed E-state index contributed by atoms with van der Waals surface area (Å²) in [5.41, 5.74) is -2.34. The maximum Gasteiger partial charge on any atom is 0.357 e. The fourth-order valence-corrected chi connectivity index (χ4v) is 2.75. The van der Waals surface area contributed by atoms with E-state index < -0.39 is 21.9 Å². The van der Waals surface area contributed by atoms with E-state index in [-0.39, 0.29) is 12.3 Å². The van der Waals surface area contributed by atoms with Crippen molar-refractivity contribution in [2.24, 2.45) is 0 Å². The molecule has 0 saturated carbocycles. The lowest BCUT2D eigenvalue weighted by atomic mass is 10.1. The summed E-state index contributed by atoms with van der Waals surface area (Å²) >= 11 is 3.36. The van der Waals surface area contributed by atoms with Crippen molar-refractivity contribution in [2.75, 3.05) is 13.2 Å². The van der Waals surface area contributed by atoms with Gasteiger partial charge in [-0.25, -0.2) is 4.79 Å². The number of hydrogen-bond donors (Lipinski definition) is 2. The number of aromatic nitrogens is 2. The highest BCUT2D eigenvalue weighted by molar-refractivity contribution is 9.10. The van der Waals surface area contributed by atoms with Gasteiger partial charge in [0.15, 0.2) is 11.5 Å². The normalized spacial score (nSPS) is 10.6. The number of aromatic amines is 2. The molecule has 9 nitrogen and oxygen atoms in total. The Balaban J connectivity index is 2.49. The molecule has 0 radical (unpaired) electrons. The van der Waals surface area contributed by atoms with Crippen molar-refractivity contribution in [3.63, 3.8) is 0 Å². The first-order valence-electron chi connectivity index (χ1n) is 7.59. The number of terminal acetylenes is 1. The second-order valence-electron chi connectivity index (χ2n) is 5.02. The van der Waals surface area contributed by atoms with Crippen LogP contribution in [0.4, 0.5) is 5.69 Å². The largest absolute Gasteiger partial charge is 0.490 e. The molecule has 10 heteroatoms. The highest BCUT2D eigenvalue weighted by atomic mass is 79.9. The Morgan fingerprint density at radius 1 is 1.30 bits per heavy atom. The van der Waals surface area contributed by atoms with E-state index >= 15 is 0 Å². The Hall–Kier alpha value is -3.32. The molecule has 27 heavy (non-hydrogen) atoms. The summed E-state index contributed by atoms with van der Waals surface area (Å²) in [6, 6.07) is 3.30. The zero-order valence-electron chi connectivity index (χ0n) is 14.1. The molecule has 0 bridgehead atoms. The van der Waals surface area contributed by atoms with Crippen molar-refractivity contribution in [3.8, 4) is 23.8 Å². The molecule has 0 fully saturated rings. The molecule has 2 aromatic rings. The first kappa shape index (κ1) is 20.0. The van der Waals surface area contributed by atoms with Crippen molar-refractivity contribution in [1.82, 2.24) is 9.97 Å². The summed E-state index contributed by atoms with van der Waals surface area (Å²) in [4.78, 5) is 37.3. The highest BCUT2D eigenvalue weighted by Gasteiger charge is 2.19. The smallest absolute Gasteiger partial charge is 0.357 e. The topological polar surface area (TPSA) is 127 Å². The van der Waals surface area contributed by atoms with E-state index in [1.54, 1.807) is 19.1 Å². The second kappa shape index (κ2) is 8.86. The number of halogens is 1. The summed E-state index contributed by atoms with van der Waals surface area (Å²) < 4.78 is 11.5. The summed E-state index contributed by atoms with van der Waals surface area (Å²) in [6.45, 7) is 2.22. The number of ether oxygens (including phenoxy) is 2. The standard InChI is InChI=1S/C17H14BrN3O6/c1-3-7-27-15-11(18)8-10(9-13(15)26-4-2)5-6-12-14(21(24)25)16(22)20-17(23)19-12/h1,5-6,8-9H,4,7H2,2H3,(H2,19,20,22,23). The monoisotopic (exact) mass is 435 g/mol. The van der Waals surface area contributed by atoms with Gasteiger partial charge < -0.3 is 14.5 Å². The summed E-state index contributed by atoms with van der Waals surface area (Å²) in [5, 5.41) is 11.1. The third kappa shape index (κ3) is 4.86. The Morgan fingerprint density at radius 2 is 2.04 bits per heavy atom. The Kier molecular flexibility index (Phi) is 6.56. The van der Waals surface area contributed by atoms with Gasteiger partial charge in [-0.3, -0.25) is 19.9 Å². The van der Waals surface area contributed by atoms with E-state index in [4.69, 9.17) is 15.9 Å². The lowest BCUT2D eigenvalue weighted by molar-refractivity contribution is -0.386. The van der Waals surface area contributed by atoms with Crippen LogP contribution < -0.4 is 20.7 Å². The van der Waals surface area contributed by atoms with Gasteiger partial charge in [0.2, 0.25) is 0 Å². The van der Waals surface area contributed by atoms with E-state index in [1.807, 2.05) is 4.98 Å². The number of nitrogens with one attached hydrogen (secondary N) is 2. The molecular formula is C17H14BrN3O6. The minimum absolute atomic E-state index is 0.0497. The van der Waals surface area contributed by atoms with Crippen LogP contribution in [0, 0.1) is 22.5 Å². The second-order valence-corrected chi connectivity index (χ2v) is 5.87. The van der Waals surface area contributed by atoms with Crippen LogP contribution in [0.1, 0.15) is 18.2 Å². The van der Waals surface area contributed by atoms with Crippen molar-refractivity contribution in [1.29, 1.82) is 0 Å². The van der Waals surface area contributed by atoms with Gasteiger partial charge in [0.1, 0.15) is 12.3 Å². The fraction of sp³-hybridized carbons (Fsp3) is 0.176. The molecule has 0 aliphatic rings. The van der Waals surface area contributed by atoms with Gasteiger partial charge >= 0.3 is 16.9 Å². The number of benzene rings is 1. The van der Waals surface area contributed by atoms with E-state index in [2.05, 4.69) is 26.8 Å². The maximum absolute atomic E-state index is 11.6. The van der Waals surface area contributed by atoms with Gasteiger partial charge in [0.25, 0.3) is 0 Å². The van der Waals surface area contributed by atoms with Crippen molar-refractivity contribution < 1.29 is 14.4 Å². The highest BCUT2D eigenvalue weighted by Crippen LogP contribution is 2.37. The van der Waals surface area contributed by atoms with Crippen LogP contribution >= 0.6 is 15.9 Å². The molecule has 140 valence electrons. The van der Waals surface area contributed by atoms with Gasteiger partial charge in [0, 0.05) is 0 Å². The molecule has 0 unspecified atom stereocenters. The average molecular weight is 436 g/mol. The number of rotatable bonds is 7. The Morgan fingerprint density at radius 3 is 2.67 bits per heavy atom. The van der Waals surface area contributed by atoms with Gasteiger partial charge in [-0.15, -0.1) is 6.42 Å². The van der Waals surface area contributed by atoms with Crippen LogP contribution in [0.25, 0.3) is 12.2 Å². The molecular weight excluding hydrogens is 422 g/mol. The third-order valence-corrected chi connectivity index (χ3v) is 3.79. The first-order chi connectivity index (χ1) is 12.9. The Labute approximate surface area is 161 Å². The lowest BCUT2D eigenvalue weighted by Crippen LogP contribution is -2.25. The molecule has 1 aromatic carbocycles. The molecule has 2 N–H and O–H groups in total. The molecule has 0 aliphatic carbocycles. The number of hydrogen-bond acceptors (Lipinski definition) is 6. The molecule has 0 atom stereocenters. The van der Waals surface area contributed by atoms with Gasteiger partial charge in [-0.2, -0.15) is 0 Å². The fourth-order valence-electron chi connectivity index (χ4n) is 2.18. The molecule has 0 aliphatic heterocycles. The summed E-state index contributed by atoms with van der Waals surface area (Å²) in [6.07, 6.45) is 7.94. The lowest BCUT2D eigenvalue weighted by Gasteiger charge is -2.13. The van der Waals surface area contributed by atoms with Crippen LogP contribution in [0.3, 0.4) is 0 Å². The van der Waals surface area contributed by atoms with Crippen LogP contribution in [-0.4, -0.2) is 28.1 Å². The summed E-state index contributed by atoms with van der Waals surface area (Å²) in [5.74, 6) is 3.19. The number of H-pyrrole nitrogens is 2. The molecule has 1 heterocycles. The zero-order valence-corrected chi connectivity index (χ0v) is 15.7. The Bertz CT molecular complexity index is 1050. The van der Waals surface area contributed by atoms with Crippen molar-refractivity contribution in [2.45, 2.75) is 6.92 Å². The van der Waals surface area contributed by atoms with Crippen LogP contribution in [0.2, 0.25) is 0 Å². The van der Waals surface area contributed by atoms with E-state index in [0.29, 0.717) is 28.1 Å². The van der Waals surface area contributed by atoms with Crippen LogP contribution in [0.15, 0.2) is 26.2 Å². The zero-order chi connectivity index (χ0) is 20.0. The first-order valence-corrected chi connectivity index (χ1v) is 8.38. The molecule has 0 spiro atoms. The predicted octanol–water partition coefficient (Wildman–Crippen LogP) is 2.32. The molecule has 0 saturated heterocycles. The van der Waals surface area contributed by atoms with Gasteiger partial charge in [0.05, 0.1) is 16.0 Å². The SMILES string of the molecule is C#CCOc1c(Br)cc(C=Cc2[nH]c(=O)[nH]c(=O)c2[N+](=O)[O-])cc1OCC. The third-order valence-electron chi connectivity index (χ3n) is 3.20. The predicted molar refractivity (Wildman–Crippen MR) is 103 cm³/mol. The average Bonchev–Trinajstić information content (AvgIpc) is 2.58. The van der Waals surface area contributed by atoms with Crippen LogP contribution in [0.5, 0.6) is 11.5 Å². The van der Waals surface area contributed by atoms with Gasteiger partial charge in [-0.1, -0.05) is 12.0 Å². The molecule has 1 aromatic heterocycles. The van der Waals surface area contributed by atoms with E-state index in [0.717, 1.165) is 0 Å². The molecule has 0 amide bonds. The quantitative estimate of drug-likeness (QED) is 0.390. The molecule has 2 rings (SSSR count). The van der Waals surface area contributed by atoms with Crippen molar-refractivity contribution in [3.05, 3.63) is 58.8 Å². The van der Waals surface area contributed by atoms with Gasteiger partial charge in [-0.05, 0) is 46.6 Å². The summed E-state index contributed by atoms with van der Waals surface area (Å²) in [7, 11) is 0. The van der Waals surface area contributed by atoms with E-state index in [9.17, 15) is 19.7 Å². The number of nitro groups is 1. The minimum atomic E-state index is -1.09. The van der Waals surface area contributed by atoms with Crippen molar-refractivity contribution >= 4 is 33.8 Å². The van der Waals surface area contributed by atoms with Crippen LogP contribution in [-0.2, 0) is 0 Å².